The average molecular weight is 238 g/mol. The van der Waals surface area contributed by atoms with Crippen LogP contribution in [0.25, 0.3) is 0 Å². The van der Waals surface area contributed by atoms with E-state index in [1.54, 1.807) is 0 Å². The van der Waals surface area contributed by atoms with Crippen molar-refractivity contribution in [1.82, 2.24) is 10.5 Å². The largest absolute Gasteiger partial charge is 0.480 e. The standard InChI is InChI=1S/C11H14N2O4/c1-6(11(15)16)12-10(14)9-7-4-2-3-5-8(7)17-13-9/h6H,2-5H2,1H3,(H,12,14)(H,15,16)/t6-/m1/s1. The number of nitrogens with one attached hydrogen (secondary N) is 1. The summed E-state index contributed by atoms with van der Waals surface area (Å²) in [5.41, 5.74) is 1.05. The Bertz CT molecular complexity index is 452. The van der Waals surface area contributed by atoms with Crippen LogP contribution >= 0.6 is 0 Å². The summed E-state index contributed by atoms with van der Waals surface area (Å²) in [7, 11) is 0. The Balaban J connectivity index is 2.14. The molecular formula is C11H14N2O4. The van der Waals surface area contributed by atoms with Gasteiger partial charge in [-0.05, 0) is 26.2 Å². The maximum absolute atomic E-state index is 11.8. The van der Waals surface area contributed by atoms with E-state index < -0.39 is 17.9 Å². The number of fused-ring (bicyclic) bond motifs is 1. The van der Waals surface area contributed by atoms with E-state index in [2.05, 4.69) is 10.5 Å². The Hall–Kier alpha value is -1.85. The van der Waals surface area contributed by atoms with Gasteiger partial charge in [-0.15, -0.1) is 0 Å². The van der Waals surface area contributed by atoms with E-state index in [4.69, 9.17) is 9.63 Å². The minimum absolute atomic E-state index is 0.229. The molecule has 1 aromatic rings. The molecule has 0 unspecified atom stereocenters. The van der Waals surface area contributed by atoms with E-state index >= 15 is 0 Å². The van der Waals surface area contributed by atoms with Crippen molar-refractivity contribution in [2.24, 2.45) is 0 Å². The molecule has 6 nitrogen and oxygen atoms in total. The van der Waals surface area contributed by atoms with Crippen molar-refractivity contribution in [3.63, 3.8) is 0 Å². The van der Waals surface area contributed by atoms with Crippen LogP contribution < -0.4 is 5.32 Å². The van der Waals surface area contributed by atoms with Gasteiger partial charge in [-0.1, -0.05) is 5.16 Å². The second-order valence-corrected chi connectivity index (χ2v) is 4.17. The molecule has 1 aliphatic rings. The number of aryl methyl sites for hydroxylation is 1. The number of nitrogens with zero attached hydrogens (tertiary/aromatic N) is 1. The van der Waals surface area contributed by atoms with Gasteiger partial charge in [0.1, 0.15) is 11.8 Å². The maximum atomic E-state index is 11.8. The molecule has 2 N–H and O–H groups in total. The third-order valence-electron chi connectivity index (χ3n) is 2.88. The predicted molar refractivity (Wildman–Crippen MR) is 57.7 cm³/mol. The minimum Gasteiger partial charge on any atom is -0.480 e. The highest BCUT2D eigenvalue weighted by Gasteiger charge is 2.25. The third-order valence-corrected chi connectivity index (χ3v) is 2.88. The average Bonchev–Trinajstić information content (AvgIpc) is 2.72. The van der Waals surface area contributed by atoms with E-state index in [0.29, 0.717) is 0 Å². The van der Waals surface area contributed by atoms with Gasteiger partial charge in [-0.2, -0.15) is 0 Å². The fraction of sp³-hybridized carbons (Fsp3) is 0.545. The first kappa shape index (κ1) is 11.6. The number of hydrogen-bond acceptors (Lipinski definition) is 4. The zero-order chi connectivity index (χ0) is 12.4. The predicted octanol–water partition coefficient (Wildman–Crippen LogP) is 0.756. The number of aliphatic carboxylic acids is 1. The van der Waals surface area contributed by atoms with Crippen LogP contribution in [-0.2, 0) is 17.6 Å². The van der Waals surface area contributed by atoms with E-state index in [-0.39, 0.29) is 5.69 Å². The summed E-state index contributed by atoms with van der Waals surface area (Å²) in [5, 5.41) is 14.8. The quantitative estimate of drug-likeness (QED) is 0.810. The van der Waals surface area contributed by atoms with Crippen LogP contribution in [0.5, 0.6) is 0 Å². The van der Waals surface area contributed by atoms with Crippen molar-refractivity contribution in [1.29, 1.82) is 0 Å². The van der Waals surface area contributed by atoms with Crippen LogP contribution in [0.3, 0.4) is 0 Å². The number of hydrogen-bond donors (Lipinski definition) is 2. The Morgan fingerprint density at radius 3 is 2.82 bits per heavy atom. The van der Waals surface area contributed by atoms with Crippen molar-refractivity contribution in [3.05, 3.63) is 17.0 Å². The first-order valence-electron chi connectivity index (χ1n) is 5.60. The van der Waals surface area contributed by atoms with Crippen LogP contribution in [0.15, 0.2) is 4.52 Å². The third kappa shape index (κ3) is 2.30. The van der Waals surface area contributed by atoms with Gasteiger partial charge in [0.2, 0.25) is 0 Å². The number of carbonyl (C=O) groups excluding carboxylic acids is 1. The molecular weight excluding hydrogens is 224 g/mol. The topological polar surface area (TPSA) is 92.4 Å². The molecule has 0 radical (unpaired) electrons. The second-order valence-electron chi connectivity index (χ2n) is 4.17. The van der Waals surface area contributed by atoms with Gasteiger partial charge in [0.25, 0.3) is 5.91 Å². The van der Waals surface area contributed by atoms with Gasteiger partial charge < -0.3 is 14.9 Å². The van der Waals surface area contributed by atoms with E-state index in [1.807, 2.05) is 0 Å². The van der Waals surface area contributed by atoms with Gasteiger partial charge in [-0.25, -0.2) is 0 Å². The molecule has 0 aliphatic heterocycles. The maximum Gasteiger partial charge on any atom is 0.325 e. The Morgan fingerprint density at radius 1 is 1.41 bits per heavy atom. The molecule has 0 fully saturated rings. The summed E-state index contributed by atoms with van der Waals surface area (Å²) < 4.78 is 5.09. The van der Waals surface area contributed by atoms with Crippen molar-refractivity contribution < 1.29 is 19.2 Å². The molecule has 1 aromatic heterocycles. The number of aromatic nitrogens is 1. The summed E-state index contributed by atoms with van der Waals surface area (Å²) in [6.07, 6.45) is 3.60. The minimum atomic E-state index is -1.07. The number of rotatable bonds is 3. The lowest BCUT2D eigenvalue weighted by molar-refractivity contribution is -0.138. The van der Waals surface area contributed by atoms with E-state index in [9.17, 15) is 9.59 Å². The lowest BCUT2D eigenvalue weighted by Crippen LogP contribution is -2.38. The monoisotopic (exact) mass is 238 g/mol. The summed E-state index contributed by atoms with van der Waals surface area (Å²) >= 11 is 0. The number of carboxylic acid groups (broad SMARTS) is 1. The summed E-state index contributed by atoms with van der Waals surface area (Å²) in [4.78, 5) is 22.4. The number of carboxylic acids is 1. The molecule has 17 heavy (non-hydrogen) atoms. The Kier molecular flexibility index (Phi) is 3.12. The molecule has 2 rings (SSSR count). The van der Waals surface area contributed by atoms with Crippen LogP contribution in [0.2, 0.25) is 0 Å². The highest BCUT2D eigenvalue weighted by molar-refractivity contribution is 5.96. The second kappa shape index (κ2) is 4.57. The molecule has 1 atom stereocenters. The summed E-state index contributed by atoms with van der Waals surface area (Å²) in [6, 6.07) is -0.932. The highest BCUT2D eigenvalue weighted by Crippen LogP contribution is 2.24. The summed E-state index contributed by atoms with van der Waals surface area (Å²) in [5.74, 6) is -0.799. The van der Waals surface area contributed by atoms with Crippen LogP contribution in [0.4, 0.5) is 0 Å². The zero-order valence-electron chi connectivity index (χ0n) is 9.52. The van der Waals surface area contributed by atoms with Crippen molar-refractivity contribution >= 4 is 11.9 Å². The van der Waals surface area contributed by atoms with Gasteiger partial charge in [-0.3, -0.25) is 9.59 Å². The van der Waals surface area contributed by atoms with Crippen LogP contribution in [-0.4, -0.2) is 28.2 Å². The molecule has 0 saturated carbocycles. The lowest BCUT2D eigenvalue weighted by Gasteiger charge is -2.10. The van der Waals surface area contributed by atoms with Gasteiger partial charge >= 0.3 is 5.97 Å². The van der Waals surface area contributed by atoms with Crippen LogP contribution in [0.1, 0.15) is 41.6 Å². The van der Waals surface area contributed by atoms with E-state index in [0.717, 1.165) is 37.0 Å². The molecule has 92 valence electrons. The van der Waals surface area contributed by atoms with Gasteiger partial charge in [0.05, 0.1) is 0 Å². The zero-order valence-corrected chi connectivity index (χ0v) is 9.52. The first-order valence-corrected chi connectivity index (χ1v) is 5.60. The molecule has 1 aliphatic carbocycles. The fourth-order valence-electron chi connectivity index (χ4n) is 1.89. The number of carbonyl (C=O) groups is 2. The fourth-order valence-corrected chi connectivity index (χ4v) is 1.89. The Labute approximate surface area is 98.0 Å². The van der Waals surface area contributed by atoms with Crippen molar-refractivity contribution in [3.8, 4) is 0 Å². The van der Waals surface area contributed by atoms with Crippen molar-refractivity contribution in [2.45, 2.75) is 38.6 Å². The van der Waals surface area contributed by atoms with Crippen LogP contribution in [0, 0.1) is 0 Å². The Morgan fingerprint density at radius 2 is 2.12 bits per heavy atom. The first-order chi connectivity index (χ1) is 8.09. The molecule has 0 saturated heterocycles. The molecule has 1 heterocycles. The summed E-state index contributed by atoms with van der Waals surface area (Å²) in [6.45, 7) is 1.41. The lowest BCUT2D eigenvalue weighted by atomic mass is 9.96. The molecule has 1 amide bonds. The normalized spacial score (nSPS) is 16.1. The smallest absolute Gasteiger partial charge is 0.325 e. The van der Waals surface area contributed by atoms with E-state index in [1.165, 1.54) is 6.92 Å². The molecule has 0 aromatic carbocycles. The molecule has 0 spiro atoms. The SMILES string of the molecule is C[C@@H](NC(=O)c1noc2c1CCCC2)C(=O)O. The molecule has 6 heteroatoms. The van der Waals surface area contributed by atoms with Gasteiger partial charge in [0.15, 0.2) is 5.69 Å². The number of amides is 1. The van der Waals surface area contributed by atoms with Gasteiger partial charge in [0, 0.05) is 12.0 Å². The molecule has 0 bridgehead atoms. The van der Waals surface area contributed by atoms with Crippen molar-refractivity contribution in [2.75, 3.05) is 0 Å². The highest BCUT2D eigenvalue weighted by atomic mass is 16.5.